The Labute approximate surface area is 122 Å². The van der Waals surface area contributed by atoms with Crippen molar-refractivity contribution >= 4 is 5.91 Å². The summed E-state index contributed by atoms with van der Waals surface area (Å²) < 4.78 is 0. The third-order valence-electron chi connectivity index (χ3n) is 3.74. The molecule has 1 aromatic rings. The highest BCUT2D eigenvalue weighted by Gasteiger charge is 2.14. The number of carbonyl (C=O) groups excluding carboxylic acids is 1. The van der Waals surface area contributed by atoms with E-state index in [0.717, 1.165) is 18.5 Å². The molecule has 0 radical (unpaired) electrons. The van der Waals surface area contributed by atoms with Gasteiger partial charge in [0.1, 0.15) is 0 Å². The molecule has 0 aromatic heterocycles. The fourth-order valence-corrected chi connectivity index (χ4v) is 1.98. The zero-order valence-electron chi connectivity index (χ0n) is 12.8. The number of hydrogen-bond donors (Lipinski definition) is 2. The van der Waals surface area contributed by atoms with Crippen molar-refractivity contribution in [2.75, 3.05) is 20.1 Å². The van der Waals surface area contributed by atoms with Gasteiger partial charge < -0.3 is 16.0 Å². The molecule has 1 amide bonds. The molecule has 0 heterocycles. The first-order valence-corrected chi connectivity index (χ1v) is 7.32. The highest BCUT2D eigenvalue weighted by molar-refractivity contribution is 5.81. The van der Waals surface area contributed by atoms with Gasteiger partial charge in [0.2, 0.25) is 5.91 Å². The van der Waals surface area contributed by atoms with Gasteiger partial charge >= 0.3 is 0 Å². The largest absolute Gasteiger partial charge is 0.353 e. The zero-order valence-corrected chi connectivity index (χ0v) is 12.8. The van der Waals surface area contributed by atoms with Crippen LogP contribution in [0.15, 0.2) is 30.3 Å². The molecule has 1 unspecified atom stereocenters. The second kappa shape index (κ2) is 8.72. The molecule has 2 atom stereocenters. The van der Waals surface area contributed by atoms with Crippen LogP contribution in [0.3, 0.4) is 0 Å². The lowest BCUT2D eigenvalue weighted by Gasteiger charge is -2.23. The van der Waals surface area contributed by atoms with E-state index in [-0.39, 0.29) is 5.91 Å². The minimum absolute atomic E-state index is 0.0774. The van der Waals surface area contributed by atoms with Crippen molar-refractivity contribution in [3.63, 3.8) is 0 Å². The van der Waals surface area contributed by atoms with Crippen LogP contribution in [0, 0.1) is 0 Å². The maximum absolute atomic E-state index is 11.9. The summed E-state index contributed by atoms with van der Waals surface area (Å²) in [5.74, 6) is -0.0774. The van der Waals surface area contributed by atoms with Crippen LogP contribution >= 0.6 is 0 Å². The molecule has 0 aliphatic carbocycles. The predicted molar refractivity (Wildman–Crippen MR) is 83.5 cm³/mol. The van der Waals surface area contributed by atoms with Crippen molar-refractivity contribution < 1.29 is 4.79 Å². The molecule has 0 aliphatic rings. The quantitative estimate of drug-likeness (QED) is 0.755. The molecule has 4 nitrogen and oxygen atoms in total. The van der Waals surface area contributed by atoms with Crippen LogP contribution in [0.2, 0.25) is 0 Å². The Hall–Kier alpha value is -1.39. The summed E-state index contributed by atoms with van der Waals surface area (Å²) in [7, 11) is 2.07. The maximum Gasteiger partial charge on any atom is 0.237 e. The molecule has 0 spiro atoms. The molecule has 0 saturated heterocycles. The van der Waals surface area contributed by atoms with Gasteiger partial charge in [-0.05, 0) is 32.4 Å². The molecule has 4 heteroatoms. The van der Waals surface area contributed by atoms with E-state index in [0.29, 0.717) is 19.0 Å². The van der Waals surface area contributed by atoms with Crippen LogP contribution in [0.25, 0.3) is 0 Å². The second-order valence-corrected chi connectivity index (χ2v) is 5.33. The van der Waals surface area contributed by atoms with Gasteiger partial charge in [0.25, 0.3) is 0 Å². The van der Waals surface area contributed by atoms with Crippen LogP contribution in [0.5, 0.6) is 0 Å². The normalized spacial score (nSPS) is 14.1. The van der Waals surface area contributed by atoms with Crippen molar-refractivity contribution in [2.24, 2.45) is 5.73 Å². The molecule has 1 rings (SSSR count). The molecular weight excluding hydrogens is 250 g/mol. The van der Waals surface area contributed by atoms with Gasteiger partial charge in [-0.3, -0.25) is 4.79 Å². The number of nitrogens with one attached hydrogen (secondary N) is 1. The van der Waals surface area contributed by atoms with Crippen molar-refractivity contribution in [3.8, 4) is 0 Å². The fourth-order valence-electron chi connectivity index (χ4n) is 1.98. The van der Waals surface area contributed by atoms with E-state index in [1.54, 1.807) is 0 Å². The minimum Gasteiger partial charge on any atom is -0.353 e. The summed E-state index contributed by atoms with van der Waals surface area (Å²) in [6, 6.07) is 9.91. The highest BCUT2D eigenvalue weighted by Crippen LogP contribution is 2.02. The molecular formula is C16H27N3O. The number of nitrogens with zero attached hydrogens (tertiary/aromatic N) is 1. The molecule has 0 fully saturated rings. The second-order valence-electron chi connectivity index (χ2n) is 5.33. The smallest absolute Gasteiger partial charge is 0.237 e. The summed E-state index contributed by atoms with van der Waals surface area (Å²) >= 11 is 0. The van der Waals surface area contributed by atoms with Crippen LogP contribution in [-0.4, -0.2) is 43.0 Å². The van der Waals surface area contributed by atoms with Crippen molar-refractivity contribution in [1.29, 1.82) is 0 Å². The first kappa shape index (κ1) is 16.7. The third kappa shape index (κ3) is 5.72. The number of carbonyl (C=O) groups is 1. The fraction of sp³-hybridized carbons (Fsp3) is 0.562. The Morgan fingerprint density at radius 3 is 2.60 bits per heavy atom. The van der Waals surface area contributed by atoms with Crippen molar-refractivity contribution in [3.05, 3.63) is 35.9 Å². The predicted octanol–water partition coefficient (Wildman–Crippen LogP) is 1.40. The van der Waals surface area contributed by atoms with Gasteiger partial charge in [0.15, 0.2) is 0 Å². The summed E-state index contributed by atoms with van der Waals surface area (Å²) in [4.78, 5) is 14.2. The Morgan fingerprint density at radius 2 is 2.00 bits per heavy atom. The summed E-state index contributed by atoms with van der Waals surface area (Å²) in [5.41, 5.74) is 7.02. The number of amides is 1. The van der Waals surface area contributed by atoms with E-state index in [1.807, 2.05) is 30.3 Å². The van der Waals surface area contributed by atoms with E-state index in [9.17, 15) is 4.79 Å². The van der Waals surface area contributed by atoms with Gasteiger partial charge in [-0.1, -0.05) is 37.3 Å². The number of hydrogen-bond acceptors (Lipinski definition) is 3. The molecule has 1 aromatic carbocycles. The molecule has 0 aliphatic heterocycles. The van der Waals surface area contributed by atoms with Crippen LogP contribution < -0.4 is 11.1 Å². The number of likely N-dealkylation sites (N-methyl/N-ethyl adjacent to an activating group) is 1. The van der Waals surface area contributed by atoms with Crippen LogP contribution in [-0.2, 0) is 11.2 Å². The number of nitrogens with two attached hydrogens (primary N) is 1. The average molecular weight is 277 g/mol. The number of benzene rings is 1. The van der Waals surface area contributed by atoms with Crippen LogP contribution in [0.1, 0.15) is 25.8 Å². The topological polar surface area (TPSA) is 58.4 Å². The lowest BCUT2D eigenvalue weighted by Crippen LogP contribution is -2.45. The Kier molecular flexibility index (Phi) is 7.26. The van der Waals surface area contributed by atoms with Crippen molar-refractivity contribution in [1.82, 2.24) is 10.2 Å². The molecule has 0 saturated carbocycles. The van der Waals surface area contributed by atoms with Gasteiger partial charge in [-0.2, -0.15) is 0 Å². The van der Waals surface area contributed by atoms with E-state index in [4.69, 9.17) is 5.73 Å². The third-order valence-corrected chi connectivity index (χ3v) is 3.74. The molecule has 112 valence electrons. The Bertz CT molecular complexity index is 394. The van der Waals surface area contributed by atoms with E-state index >= 15 is 0 Å². The SMILES string of the molecule is CCC(C)N(C)CCNC(=O)[C@@H](N)Cc1ccccc1. The summed E-state index contributed by atoms with van der Waals surface area (Å²) in [6.07, 6.45) is 1.69. The standard InChI is InChI=1S/C16H27N3O/c1-4-13(2)19(3)11-10-18-16(20)15(17)12-14-8-6-5-7-9-14/h5-9,13,15H,4,10-12,17H2,1-3H3,(H,18,20)/t13?,15-/m0/s1. The zero-order chi connectivity index (χ0) is 15.0. The molecule has 3 N–H and O–H groups in total. The number of rotatable bonds is 8. The molecule has 0 bridgehead atoms. The van der Waals surface area contributed by atoms with Gasteiger partial charge in [0.05, 0.1) is 6.04 Å². The Morgan fingerprint density at radius 1 is 1.35 bits per heavy atom. The van der Waals surface area contributed by atoms with E-state index in [1.165, 1.54) is 0 Å². The highest BCUT2D eigenvalue weighted by atomic mass is 16.2. The summed E-state index contributed by atoms with van der Waals surface area (Å²) in [6.45, 7) is 5.83. The lowest BCUT2D eigenvalue weighted by molar-refractivity contribution is -0.122. The molecule has 20 heavy (non-hydrogen) atoms. The van der Waals surface area contributed by atoms with Gasteiger partial charge in [-0.25, -0.2) is 0 Å². The first-order chi connectivity index (χ1) is 9.54. The summed E-state index contributed by atoms with van der Waals surface area (Å²) in [5, 5.41) is 2.91. The minimum atomic E-state index is -0.480. The lowest BCUT2D eigenvalue weighted by atomic mass is 10.1. The monoisotopic (exact) mass is 277 g/mol. The van der Waals surface area contributed by atoms with E-state index in [2.05, 4.69) is 31.1 Å². The van der Waals surface area contributed by atoms with E-state index < -0.39 is 6.04 Å². The van der Waals surface area contributed by atoms with Gasteiger partial charge in [-0.15, -0.1) is 0 Å². The average Bonchev–Trinajstić information content (AvgIpc) is 2.47. The van der Waals surface area contributed by atoms with Crippen molar-refractivity contribution in [2.45, 2.75) is 38.8 Å². The van der Waals surface area contributed by atoms with Crippen LogP contribution in [0.4, 0.5) is 0 Å². The van der Waals surface area contributed by atoms with Gasteiger partial charge in [0, 0.05) is 19.1 Å². The Balaban J connectivity index is 2.28. The first-order valence-electron chi connectivity index (χ1n) is 7.32. The maximum atomic E-state index is 11.9.